The van der Waals surface area contributed by atoms with Gasteiger partial charge in [0.15, 0.2) is 0 Å². The molecule has 0 unspecified atom stereocenters. The van der Waals surface area contributed by atoms with Gasteiger partial charge in [-0.1, -0.05) is 0 Å². The fourth-order valence-corrected chi connectivity index (χ4v) is 0.402. The number of primary amides is 2. The number of rotatable bonds is 2. The van der Waals surface area contributed by atoms with Gasteiger partial charge in [0.2, 0.25) is 0 Å². The van der Waals surface area contributed by atoms with Crippen molar-refractivity contribution in [3.05, 3.63) is 12.2 Å². The lowest BCUT2D eigenvalue weighted by Gasteiger charge is -1.93. The second-order valence-corrected chi connectivity index (χ2v) is 1.81. The van der Waals surface area contributed by atoms with Gasteiger partial charge in [-0.25, -0.2) is 19.2 Å². The lowest BCUT2D eigenvalue weighted by molar-refractivity contribution is -0.134. The van der Waals surface area contributed by atoms with Crippen LogP contribution in [0.25, 0.3) is 0 Å². The molecule has 0 spiro atoms. The maximum atomic E-state index is 10.5. The molecule has 0 aliphatic heterocycles. The highest BCUT2D eigenvalue weighted by atomic mass is 16.6. The molecule has 0 saturated carbocycles. The topological polar surface area (TPSA) is 139 Å². The Morgan fingerprint density at radius 3 is 1.29 bits per heavy atom. The van der Waals surface area contributed by atoms with Crippen molar-refractivity contribution in [3.63, 3.8) is 0 Å². The minimum atomic E-state index is -1.32. The monoisotopic (exact) mass is 202 g/mol. The third-order valence-electron chi connectivity index (χ3n) is 0.758. The number of ether oxygens (including phenoxy) is 2. The second-order valence-electron chi connectivity index (χ2n) is 1.81. The van der Waals surface area contributed by atoms with E-state index in [0.717, 1.165) is 0 Å². The first kappa shape index (κ1) is 11.6. The van der Waals surface area contributed by atoms with Crippen LogP contribution in [0.2, 0.25) is 0 Å². The van der Waals surface area contributed by atoms with Crippen molar-refractivity contribution in [1.82, 2.24) is 0 Å². The highest BCUT2D eigenvalue weighted by Gasteiger charge is 2.05. The van der Waals surface area contributed by atoms with E-state index in [1.54, 1.807) is 0 Å². The van der Waals surface area contributed by atoms with Gasteiger partial charge in [-0.2, -0.15) is 0 Å². The minimum Gasteiger partial charge on any atom is -0.373 e. The maximum absolute atomic E-state index is 10.5. The minimum absolute atomic E-state index is 0.552. The summed E-state index contributed by atoms with van der Waals surface area (Å²) in [4.78, 5) is 41.0. The zero-order chi connectivity index (χ0) is 11.1. The summed E-state index contributed by atoms with van der Waals surface area (Å²) in [6.07, 6.45) is -1.53. The predicted molar refractivity (Wildman–Crippen MR) is 40.5 cm³/mol. The van der Waals surface area contributed by atoms with Crippen molar-refractivity contribution in [1.29, 1.82) is 0 Å². The largest absolute Gasteiger partial charge is 0.412 e. The molecule has 0 aromatic carbocycles. The Bertz CT molecular complexity index is 277. The molecule has 2 amide bonds. The van der Waals surface area contributed by atoms with Crippen LogP contribution in [0, 0.1) is 0 Å². The lowest BCUT2D eigenvalue weighted by atomic mass is 10.5. The number of hydrogen-bond acceptors (Lipinski definition) is 6. The molecule has 0 heterocycles. The highest BCUT2D eigenvalue weighted by Crippen LogP contribution is 1.85. The molecule has 0 saturated heterocycles. The van der Waals surface area contributed by atoms with Gasteiger partial charge >= 0.3 is 24.1 Å². The molecular formula is C6H6N2O6. The first-order valence-corrected chi connectivity index (χ1v) is 3.12. The lowest BCUT2D eigenvalue weighted by Crippen LogP contribution is -2.18. The average Bonchev–Trinajstić information content (AvgIpc) is 1.98. The number of nitrogens with two attached hydrogens (primary N) is 2. The molecule has 14 heavy (non-hydrogen) atoms. The smallest absolute Gasteiger partial charge is 0.373 e. The third-order valence-corrected chi connectivity index (χ3v) is 0.758. The van der Waals surface area contributed by atoms with Gasteiger partial charge in [-0.15, -0.1) is 0 Å². The molecular weight excluding hydrogens is 196 g/mol. The number of carbonyl (C=O) groups is 4. The number of carbonyl (C=O) groups excluding carboxylic acids is 4. The molecule has 8 heteroatoms. The summed E-state index contributed by atoms with van der Waals surface area (Å²) in [5.41, 5.74) is 8.95. The molecule has 0 aliphatic rings. The molecule has 76 valence electrons. The number of hydrogen-bond donors (Lipinski definition) is 2. The molecule has 0 rings (SSSR count). The fourth-order valence-electron chi connectivity index (χ4n) is 0.402. The number of esters is 2. The summed E-state index contributed by atoms with van der Waals surface area (Å²) in [5.74, 6) is -2.34. The van der Waals surface area contributed by atoms with Crippen molar-refractivity contribution in [2.45, 2.75) is 0 Å². The van der Waals surface area contributed by atoms with E-state index in [1.807, 2.05) is 0 Å². The van der Waals surface area contributed by atoms with Crippen LogP contribution in [0.5, 0.6) is 0 Å². The molecule has 4 N–H and O–H groups in total. The van der Waals surface area contributed by atoms with Gasteiger partial charge in [0.05, 0.1) is 0 Å². The summed E-state index contributed by atoms with van der Waals surface area (Å²) < 4.78 is 7.59. The van der Waals surface area contributed by atoms with Crippen molar-refractivity contribution in [2.75, 3.05) is 0 Å². The van der Waals surface area contributed by atoms with Crippen molar-refractivity contribution >= 4 is 24.1 Å². The third kappa shape index (κ3) is 6.34. The van der Waals surface area contributed by atoms with Crippen LogP contribution in [-0.4, -0.2) is 24.1 Å². The van der Waals surface area contributed by atoms with Crippen LogP contribution in [0.4, 0.5) is 9.59 Å². The van der Waals surface area contributed by atoms with E-state index in [0.29, 0.717) is 12.2 Å². The maximum Gasteiger partial charge on any atom is 0.412 e. The first-order valence-electron chi connectivity index (χ1n) is 3.12. The standard InChI is InChI=1S/C6H6N2O6/c7-5(11)13-3(9)1-2-4(10)14-6(8)12/h1-2H,(H2,7,11)(H2,8,12)/b2-1+. The van der Waals surface area contributed by atoms with Gasteiger partial charge in [-0.05, 0) is 0 Å². The highest BCUT2D eigenvalue weighted by molar-refractivity contribution is 5.98. The zero-order valence-corrected chi connectivity index (χ0v) is 6.76. The Morgan fingerprint density at radius 2 is 1.07 bits per heavy atom. The Labute approximate surface area is 77.4 Å². The van der Waals surface area contributed by atoms with Crippen LogP contribution in [0.1, 0.15) is 0 Å². The fraction of sp³-hybridized carbons (Fsp3) is 0. The van der Waals surface area contributed by atoms with E-state index < -0.39 is 24.1 Å². The SMILES string of the molecule is NC(=O)OC(=O)/C=C/C(=O)OC(N)=O. The Balaban J connectivity index is 4.04. The van der Waals surface area contributed by atoms with Gasteiger partial charge in [0.1, 0.15) is 0 Å². The summed E-state index contributed by atoms with van der Waals surface area (Å²) in [6.45, 7) is 0. The molecule has 0 bridgehead atoms. The van der Waals surface area contributed by atoms with E-state index in [2.05, 4.69) is 20.9 Å². The quantitative estimate of drug-likeness (QED) is 0.327. The Morgan fingerprint density at radius 1 is 0.786 bits per heavy atom. The summed E-state index contributed by atoms with van der Waals surface area (Å²) in [5, 5.41) is 0. The average molecular weight is 202 g/mol. The summed E-state index contributed by atoms with van der Waals surface area (Å²) >= 11 is 0. The second kappa shape index (κ2) is 5.30. The van der Waals surface area contributed by atoms with Gasteiger partial charge in [-0.3, -0.25) is 0 Å². The van der Waals surface area contributed by atoms with Crippen LogP contribution in [-0.2, 0) is 19.1 Å². The molecule has 0 aromatic heterocycles. The van der Waals surface area contributed by atoms with E-state index in [9.17, 15) is 19.2 Å². The van der Waals surface area contributed by atoms with Gasteiger partial charge in [0.25, 0.3) is 0 Å². The van der Waals surface area contributed by atoms with Crippen LogP contribution >= 0.6 is 0 Å². The van der Waals surface area contributed by atoms with Crippen molar-refractivity contribution in [3.8, 4) is 0 Å². The zero-order valence-electron chi connectivity index (χ0n) is 6.76. The Kier molecular flexibility index (Phi) is 4.40. The van der Waals surface area contributed by atoms with Crippen molar-refractivity contribution < 1.29 is 28.7 Å². The van der Waals surface area contributed by atoms with E-state index >= 15 is 0 Å². The molecule has 0 atom stereocenters. The van der Waals surface area contributed by atoms with E-state index in [4.69, 9.17) is 0 Å². The van der Waals surface area contributed by atoms with E-state index in [-0.39, 0.29) is 0 Å². The molecule has 0 radical (unpaired) electrons. The molecule has 0 aromatic rings. The van der Waals surface area contributed by atoms with Crippen LogP contribution in [0.3, 0.4) is 0 Å². The van der Waals surface area contributed by atoms with Crippen LogP contribution < -0.4 is 11.5 Å². The summed E-state index contributed by atoms with van der Waals surface area (Å²) in [7, 11) is 0. The molecule has 0 aliphatic carbocycles. The van der Waals surface area contributed by atoms with E-state index in [1.165, 1.54) is 0 Å². The Hall–Kier alpha value is -2.38. The predicted octanol–water partition coefficient (Wildman–Crippen LogP) is -1.21. The molecule has 8 nitrogen and oxygen atoms in total. The number of amides is 2. The normalized spacial score (nSPS) is 9.43. The van der Waals surface area contributed by atoms with Crippen LogP contribution in [0.15, 0.2) is 12.2 Å². The summed E-state index contributed by atoms with van der Waals surface area (Å²) in [6, 6.07) is 0. The first-order chi connectivity index (χ1) is 6.41. The van der Waals surface area contributed by atoms with Gasteiger partial charge in [0, 0.05) is 12.2 Å². The van der Waals surface area contributed by atoms with Crippen molar-refractivity contribution in [2.24, 2.45) is 11.5 Å². The molecule has 0 fully saturated rings. The van der Waals surface area contributed by atoms with Gasteiger partial charge < -0.3 is 20.9 Å².